The molecule has 1 saturated heterocycles. The molecule has 1 atom stereocenters. The van der Waals surface area contributed by atoms with Gasteiger partial charge in [-0.2, -0.15) is 0 Å². The summed E-state index contributed by atoms with van der Waals surface area (Å²) in [6, 6.07) is 3.76. The summed E-state index contributed by atoms with van der Waals surface area (Å²) in [7, 11) is 0. The first-order chi connectivity index (χ1) is 12.1. The van der Waals surface area contributed by atoms with Gasteiger partial charge in [-0.05, 0) is 24.5 Å². The Hall–Kier alpha value is -2.19. The third-order valence-corrected chi connectivity index (χ3v) is 4.35. The van der Waals surface area contributed by atoms with Gasteiger partial charge < -0.3 is 15.4 Å². The quantitative estimate of drug-likeness (QED) is 0.830. The first-order valence-electron chi connectivity index (χ1n) is 8.78. The minimum Gasteiger partial charge on any atom is -0.379 e. The highest BCUT2D eigenvalue weighted by atomic mass is 16.5. The maximum absolute atomic E-state index is 12.3. The highest BCUT2D eigenvalue weighted by molar-refractivity contribution is 5.89. The standard InChI is InChI=1S/C17H26N6O2/c1-13(2)9-15(22-5-7-25-8-6-22)10-18-17(24)20-14-3-4-16-21-19-12-23(16)11-14/h3-4,11-13,15H,5-10H2,1-2H3,(H2,18,20,24). The maximum Gasteiger partial charge on any atom is 0.319 e. The van der Waals surface area contributed by atoms with Gasteiger partial charge in [0.15, 0.2) is 5.65 Å². The van der Waals surface area contributed by atoms with Gasteiger partial charge in [0.1, 0.15) is 6.33 Å². The van der Waals surface area contributed by atoms with Crippen molar-refractivity contribution in [2.75, 3.05) is 38.2 Å². The zero-order valence-electron chi connectivity index (χ0n) is 14.8. The minimum atomic E-state index is -0.200. The number of aromatic nitrogens is 3. The lowest BCUT2D eigenvalue weighted by atomic mass is 10.0. The monoisotopic (exact) mass is 346 g/mol. The molecule has 8 nitrogen and oxygen atoms in total. The third kappa shape index (κ3) is 4.90. The molecule has 2 amide bonds. The molecule has 0 radical (unpaired) electrons. The number of hydrogen-bond acceptors (Lipinski definition) is 5. The second-order valence-electron chi connectivity index (χ2n) is 6.78. The van der Waals surface area contributed by atoms with Crippen LogP contribution in [0.25, 0.3) is 5.65 Å². The van der Waals surface area contributed by atoms with E-state index in [4.69, 9.17) is 4.74 Å². The molecule has 0 saturated carbocycles. The number of carbonyl (C=O) groups is 1. The number of carbonyl (C=O) groups excluding carboxylic acids is 1. The fourth-order valence-corrected chi connectivity index (χ4v) is 3.14. The predicted molar refractivity (Wildman–Crippen MR) is 95.6 cm³/mol. The molecule has 0 aromatic carbocycles. The van der Waals surface area contributed by atoms with Crippen LogP contribution in [0.2, 0.25) is 0 Å². The van der Waals surface area contributed by atoms with Crippen molar-refractivity contribution in [2.24, 2.45) is 5.92 Å². The number of morpholine rings is 1. The topological polar surface area (TPSA) is 83.8 Å². The van der Waals surface area contributed by atoms with E-state index in [1.54, 1.807) is 16.9 Å². The number of amides is 2. The van der Waals surface area contributed by atoms with Crippen molar-refractivity contribution in [2.45, 2.75) is 26.3 Å². The molecule has 8 heteroatoms. The van der Waals surface area contributed by atoms with Crippen LogP contribution >= 0.6 is 0 Å². The van der Waals surface area contributed by atoms with E-state index in [0.29, 0.717) is 24.2 Å². The fraction of sp³-hybridized carbons (Fsp3) is 0.588. The summed E-state index contributed by atoms with van der Waals surface area (Å²) in [5, 5.41) is 13.6. The van der Waals surface area contributed by atoms with Crippen molar-refractivity contribution in [3.63, 3.8) is 0 Å². The van der Waals surface area contributed by atoms with Crippen LogP contribution in [0.5, 0.6) is 0 Å². The zero-order valence-corrected chi connectivity index (χ0v) is 14.8. The highest BCUT2D eigenvalue weighted by Crippen LogP contribution is 2.13. The van der Waals surface area contributed by atoms with Crippen molar-refractivity contribution in [3.8, 4) is 0 Å². The van der Waals surface area contributed by atoms with Crippen molar-refractivity contribution in [1.82, 2.24) is 24.8 Å². The molecule has 1 unspecified atom stereocenters. The van der Waals surface area contributed by atoms with Gasteiger partial charge >= 0.3 is 6.03 Å². The Morgan fingerprint density at radius 1 is 1.32 bits per heavy atom. The van der Waals surface area contributed by atoms with E-state index in [9.17, 15) is 4.79 Å². The van der Waals surface area contributed by atoms with E-state index in [2.05, 4.69) is 39.6 Å². The average molecular weight is 346 g/mol. The Morgan fingerprint density at radius 3 is 2.88 bits per heavy atom. The molecule has 2 N–H and O–H groups in total. The van der Waals surface area contributed by atoms with E-state index in [-0.39, 0.29) is 6.03 Å². The van der Waals surface area contributed by atoms with Gasteiger partial charge in [0.2, 0.25) is 0 Å². The maximum atomic E-state index is 12.3. The molecule has 3 rings (SSSR count). The summed E-state index contributed by atoms with van der Waals surface area (Å²) in [5.41, 5.74) is 1.45. The summed E-state index contributed by atoms with van der Waals surface area (Å²) in [5.74, 6) is 0.578. The average Bonchev–Trinajstić information content (AvgIpc) is 3.07. The van der Waals surface area contributed by atoms with Gasteiger partial charge in [-0.1, -0.05) is 13.8 Å². The van der Waals surface area contributed by atoms with E-state index in [0.717, 1.165) is 38.4 Å². The molecule has 2 aromatic heterocycles. The van der Waals surface area contributed by atoms with E-state index < -0.39 is 0 Å². The van der Waals surface area contributed by atoms with Gasteiger partial charge in [0, 0.05) is 31.9 Å². The van der Waals surface area contributed by atoms with E-state index in [1.807, 2.05) is 12.1 Å². The molecule has 136 valence electrons. The molecule has 3 heterocycles. The number of pyridine rings is 1. The molecule has 25 heavy (non-hydrogen) atoms. The molecular weight excluding hydrogens is 320 g/mol. The van der Waals surface area contributed by atoms with Crippen molar-refractivity contribution in [3.05, 3.63) is 24.7 Å². The summed E-state index contributed by atoms with van der Waals surface area (Å²) in [6.07, 6.45) is 4.45. The molecule has 2 aromatic rings. The van der Waals surface area contributed by atoms with Crippen LogP contribution < -0.4 is 10.6 Å². The molecule has 1 aliphatic heterocycles. The van der Waals surface area contributed by atoms with Crippen LogP contribution in [0.15, 0.2) is 24.7 Å². The van der Waals surface area contributed by atoms with Crippen LogP contribution in [-0.2, 0) is 4.74 Å². The first-order valence-corrected chi connectivity index (χ1v) is 8.78. The molecule has 0 bridgehead atoms. The molecule has 1 aliphatic rings. The Morgan fingerprint density at radius 2 is 2.12 bits per heavy atom. The zero-order chi connectivity index (χ0) is 17.6. The Bertz CT molecular complexity index is 695. The number of nitrogens with one attached hydrogen (secondary N) is 2. The van der Waals surface area contributed by atoms with Gasteiger partial charge in [-0.15, -0.1) is 10.2 Å². The number of fused-ring (bicyclic) bond motifs is 1. The summed E-state index contributed by atoms with van der Waals surface area (Å²) in [6.45, 7) is 8.41. The van der Waals surface area contributed by atoms with Gasteiger partial charge in [0.05, 0.1) is 18.9 Å². The highest BCUT2D eigenvalue weighted by Gasteiger charge is 2.22. The number of rotatable bonds is 6. The third-order valence-electron chi connectivity index (χ3n) is 4.35. The molecule has 0 spiro atoms. The van der Waals surface area contributed by atoms with Gasteiger partial charge in [-0.25, -0.2) is 4.79 Å². The summed E-state index contributed by atoms with van der Waals surface area (Å²) in [4.78, 5) is 14.7. The van der Waals surface area contributed by atoms with Gasteiger partial charge in [-0.3, -0.25) is 9.30 Å². The SMILES string of the molecule is CC(C)CC(CNC(=O)Nc1ccc2nncn2c1)N1CCOCC1. The second kappa shape index (κ2) is 8.26. The lowest BCUT2D eigenvalue weighted by Gasteiger charge is -2.35. The number of ether oxygens (including phenoxy) is 1. The number of anilines is 1. The van der Waals surface area contributed by atoms with E-state index in [1.165, 1.54) is 0 Å². The number of hydrogen-bond donors (Lipinski definition) is 2. The fourth-order valence-electron chi connectivity index (χ4n) is 3.14. The smallest absolute Gasteiger partial charge is 0.319 e. The van der Waals surface area contributed by atoms with Crippen molar-refractivity contribution >= 4 is 17.4 Å². The lowest BCUT2D eigenvalue weighted by molar-refractivity contribution is 0.0130. The van der Waals surface area contributed by atoms with Crippen LogP contribution in [0.4, 0.5) is 10.5 Å². The first kappa shape index (κ1) is 17.6. The van der Waals surface area contributed by atoms with Gasteiger partial charge in [0.25, 0.3) is 0 Å². The normalized spacial score (nSPS) is 16.9. The Labute approximate surface area is 147 Å². The minimum absolute atomic E-state index is 0.200. The van der Waals surface area contributed by atoms with Crippen molar-refractivity contribution < 1.29 is 9.53 Å². The van der Waals surface area contributed by atoms with Crippen LogP contribution in [0, 0.1) is 5.92 Å². The number of urea groups is 1. The molecule has 1 fully saturated rings. The van der Waals surface area contributed by atoms with Crippen LogP contribution in [0.1, 0.15) is 20.3 Å². The second-order valence-corrected chi connectivity index (χ2v) is 6.78. The van der Waals surface area contributed by atoms with E-state index >= 15 is 0 Å². The van der Waals surface area contributed by atoms with Crippen LogP contribution in [-0.4, -0.2) is 64.4 Å². The number of nitrogens with zero attached hydrogens (tertiary/aromatic N) is 4. The largest absolute Gasteiger partial charge is 0.379 e. The Kier molecular flexibility index (Phi) is 5.83. The molecular formula is C17H26N6O2. The Balaban J connectivity index is 1.54. The predicted octanol–water partition coefficient (Wildman–Crippen LogP) is 1.60. The van der Waals surface area contributed by atoms with Crippen molar-refractivity contribution in [1.29, 1.82) is 0 Å². The summed E-state index contributed by atoms with van der Waals surface area (Å²) < 4.78 is 7.20. The summed E-state index contributed by atoms with van der Waals surface area (Å²) >= 11 is 0. The lowest BCUT2D eigenvalue weighted by Crippen LogP contribution is -2.49. The molecule has 0 aliphatic carbocycles. The van der Waals surface area contributed by atoms with Crippen LogP contribution in [0.3, 0.4) is 0 Å².